The quantitative estimate of drug-likeness (QED) is 0.736. The largest absolute Gasteiger partial charge is 0.497 e. The van der Waals surface area contributed by atoms with Gasteiger partial charge in [0.25, 0.3) is 5.91 Å². The number of carboxylic acid groups (broad SMARTS) is 1. The number of carboxylic acids is 1. The molecule has 0 unspecified atom stereocenters. The van der Waals surface area contributed by atoms with Gasteiger partial charge in [-0.25, -0.2) is 4.79 Å². The van der Waals surface area contributed by atoms with Crippen LogP contribution in [0.2, 0.25) is 0 Å². The second-order valence-electron chi connectivity index (χ2n) is 5.87. The zero-order valence-corrected chi connectivity index (χ0v) is 15.8. The summed E-state index contributed by atoms with van der Waals surface area (Å²) in [5.74, 6) is 0.225. The fourth-order valence-electron chi connectivity index (χ4n) is 2.65. The van der Waals surface area contributed by atoms with Gasteiger partial charge in [0.2, 0.25) is 0 Å². The predicted molar refractivity (Wildman–Crippen MR) is 101 cm³/mol. The van der Waals surface area contributed by atoms with E-state index in [1.54, 1.807) is 51.3 Å². The molecule has 2 aromatic carbocycles. The van der Waals surface area contributed by atoms with Crippen molar-refractivity contribution in [2.75, 3.05) is 25.6 Å². The first-order valence-corrected chi connectivity index (χ1v) is 8.43. The molecule has 0 aliphatic carbocycles. The van der Waals surface area contributed by atoms with E-state index in [-0.39, 0.29) is 5.91 Å². The Morgan fingerprint density at radius 3 is 2.30 bits per heavy atom. The number of aliphatic carboxylic acids is 1. The summed E-state index contributed by atoms with van der Waals surface area (Å²) in [5, 5.41) is 11.6. The van der Waals surface area contributed by atoms with Crippen LogP contribution in [-0.4, -0.2) is 37.3 Å². The van der Waals surface area contributed by atoms with Gasteiger partial charge in [-0.2, -0.15) is 0 Å². The maximum atomic E-state index is 12.7. The average molecular weight is 373 g/mol. The normalized spacial score (nSPS) is 10.2. The SMILES string of the molecule is CCOc1ccc(OC)cc1NC(=O)c1cc(C)c(OCC(=O)O)c(C)c1. The van der Waals surface area contributed by atoms with Crippen molar-refractivity contribution in [2.24, 2.45) is 0 Å². The molecule has 144 valence electrons. The van der Waals surface area contributed by atoms with E-state index in [1.807, 2.05) is 6.92 Å². The first-order chi connectivity index (χ1) is 12.8. The highest BCUT2D eigenvalue weighted by Crippen LogP contribution is 2.30. The molecule has 0 heterocycles. The molecule has 7 heteroatoms. The molecule has 0 fully saturated rings. The van der Waals surface area contributed by atoms with Gasteiger partial charge < -0.3 is 24.6 Å². The number of methoxy groups -OCH3 is 1. The van der Waals surface area contributed by atoms with E-state index in [0.29, 0.717) is 46.2 Å². The van der Waals surface area contributed by atoms with E-state index in [2.05, 4.69) is 5.32 Å². The molecular formula is C20H23NO6. The number of carbonyl (C=O) groups is 2. The summed E-state index contributed by atoms with van der Waals surface area (Å²) in [6.45, 7) is 5.41. The maximum Gasteiger partial charge on any atom is 0.341 e. The van der Waals surface area contributed by atoms with Gasteiger partial charge in [-0.05, 0) is 56.2 Å². The van der Waals surface area contributed by atoms with E-state index in [0.717, 1.165) is 0 Å². The highest BCUT2D eigenvalue weighted by atomic mass is 16.5. The van der Waals surface area contributed by atoms with Gasteiger partial charge in [0.05, 0.1) is 19.4 Å². The molecule has 0 saturated heterocycles. The highest BCUT2D eigenvalue weighted by Gasteiger charge is 2.15. The number of aryl methyl sites for hydroxylation is 2. The van der Waals surface area contributed by atoms with Gasteiger partial charge in [0.15, 0.2) is 6.61 Å². The number of nitrogens with one attached hydrogen (secondary N) is 1. The summed E-state index contributed by atoms with van der Waals surface area (Å²) < 4.78 is 16.0. The van der Waals surface area contributed by atoms with Crippen LogP contribution in [0.5, 0.6) is 17.2 Å². The molecule has 0 atom stereocenters. The molecular weight excluding hydrogens is 350 g/mol. The Balaban J connectivity index is 2.27. The number of amides is 1. The van der Waals surface area contributed by atoms with Crippen LogP contribution in [0.25, 0.3) is 0 Å². The van der Waals surface area contributed by atoms with Crippen molar-refractivity contribution >= 4 is 17.6 Å². The smallest absolute Gasteiger partial charge is 0.341 e. The Labute approximate surface area is 157 Å². The van der Waals surface area contributed by atoms with Crippen molar-refractivity contribution < 1.29 is 28.9 Å². The van der Waals surface area contributed by atoms with Gasteiger partial charge in [-0.15, -0.1) is 0 Å². The van der Waals surface area contributed by atoms with Gasteiger partial charge >= 0.3 is 5.97 Å². The van der Waals surface area contributed by atoms with E-state index >= 15 is 0 Å². The maximum absolute atomic E-state index is 12.7. The third-order valence-electron chi connectivity index (χ3n) is 3.80. The lowest BCUT2D eigenvalue weighted by Gasteiger charge is -2.15. The van der Waals surface area contributed by atoms with Crippen LogP contribution in [-0.2, 0) is 4.79 Å². The van der Waals surface area contributed by atoms with Crippen molar-refractivity contribution in [1.82, 2.24) is 0 Å². The molecule has 0 bridgehead atoms. The van der Waals surface area contributed by atoms with Gasteiger partial charge in [0, 0.05) is 11.6 Å². The summed E-state index contributed by atoms with van der Waals surface area (Å²) in [6, 6.07) is 8.48. The first kappa shape index (κ1) is 20.1. The minimum atomic E-state index is -1.06. The van der Waals surface area contributed by atoms with E-state index in [4.69, 9.17) is 19.3 Å². The number of anilines is 1. The average Bonchev–Trinajstić information content (AvgIpc) is 2.62. The van der Waals surface area contributed by atoms with Crippen LogP contribution < -0.4 is 19.5 Å². The molecule has 0 aromatic heterocycles. The Kier molecular flexibility index (Phi) is 6.65. The van der Waals surface area contributed by atoms with Gasteiger partial charge in [-0.1, -0.05) is 0 Å². The van der Waals surface area contributed by atoms with Crippen LogP contribution in [0.15, 0.2) is 30.3 Å². The van der Waals surface area contributed by atoms with Crippen LogP contribution in [0.1, 0.15) is 28.4 Å². The molecule has 0 spiro atoms. The molecule has 1 amide bonds. The van der Waals surface area contributed by atoms with Gasteiger partial charge in [0.1, 0.15) is 17.2 Å². The molecule has 27 heavy (non-hydrogen) atoms. The molecule has 2 N–H and O–H groups in total. The first-order valence-electron chi connectivity index (χ1n) is 8.43. The summed E-state index contributed by atoms with van der Waals surface area (Å²) in [6.07, 6.45) is 0. The Hall–Kier alpha value is -3.22. The summed E-state index contributed by atoms with van der Waals surface area (Å²) in [7, 11) is 1.55. The fourth-order valence-corrected chi connectivity index (χ4v) is 2.65. The van der Waals surface area contributed by atoms with Crippen LogP contribution in [0.4, 0.5) is 5.69 Å². The van der Waals surface area contributed by atoms with Gasteiger partial charge in [-0.3, -0.25) is 4.79 Å². The second kappa shape index (κ2) is 8.93. The summed E-state index contributed by atoms with van der Waals surface area (Å²) in [4.78, 5) is 23.4. The zero-order valence-electron chi connectivity index (χ0n) is 15.8. The van der Waals surface area contributed by atoms with Crippen LogP contribution in [0.3, 0.4) is 0 Å². The highest BCUT2D eigenvalue weighted by molar-refractivity contribution is 6.05. The zero-order chi connectivity index (χ0) is 20.0. The summed E-state index contributed by atoms with van der Waals surface area (Å²) >= 11 is 0. The molecule has 0 aliphatic rings. The van der Waals surface area contributed by atoms with E-state index in [1.165, 1.54) is 0 Å². The van der Waals surface area contributed by atoms with Crippen molar-refractivity contribution in [2.45, 2.75) is 20.8 Å². The Morgan fingerprint density at radius 2 is 1.74 bits per heavy atom. The lowest BCUT2D eigenvalue weighted by Crippen LogP contribution is -2.15. The molecule has 0 radical (unpaired) electrons. The topological polar surface area (TPSA) is 94.1 Å². The number of hydrogen-bond acceptors (Lipinski definition) is 5. The number of ether oxygens (including phenoxy) is 3. The minimum Gasteiger partial charge on any atom is -0.497 e. The standard InChI is InChI=1S/C20H23NO6/c1-5-26-17-7-6-15(25-4)10-16(17)21-20(24)14-8-12(2)19(13(3)9-14)27-11-18(22)23/h6-10H,5,11H2,1-4H3,(H,21,24)(H,22,23). The number of carbonyl (C=O) groups excluding carboxylic acids is 1. The van der Waals surface area contributed by atoms with Crippen LogP contribution in [0, 0.1) is 13.8 Å². The number of benzene rings is 2. The third-order valence-corrected chi connectivity index (χ3v) is 3.80. The number of hydrogen-bond donors (Lipinski definition) is 2. The lowest BCUT2D eigenvalue weighted by atomic mass is 10.0. The molecule has 2 aromatic rings. The number of rotatable bonds is 8. The Morgan fingerprint density at radius 1 is 1.07 bits per heavy atom. The molecule has 0 saturated carbocycles. The van der Waals surface area contributed by atoms with Crippen molar-refractivity contribution in [3.8, 4) is 17.2 Å². The third kappa shape index (κ3) is 5.13. The van der Waals surface area contributed by atoms with Crippen molar-refractivity contribution in [3.63, 3.8) is 0 Å². The second-order valence-corrected chi connectivity index (χ2v) is 5.87. The van der Waals surface area contributed by atoms with Crippen molar-refractivity contribution in [3.05, 3.63) is 47.0 Å². The van der Waals surface area contributed by atoms with Crippen molar-refractivity contribution in [1.29, 1.82) is 0 Å². The van der Waals surface area contributed by atoms with E-state index < -0.39 is 12.6 Å². The van der Waals surface area contributed by atoms with Crippen LogP contribution >= 0.6 is 0 Å². The molecule has 0 aliphatic heterocycles. The lowest BCUT2D eigenvalue weighted by molar-refractivity contribution is -0.139. The van der Waals surface area contributed by atoms with E-state index in [9.17, 15) is 9.59 Å². The fraction of sp³-hybridized carbons (Fsp3) is 0.300. The molecule has 7 nitrogen and oxygen atoms in total. The molecule has 2 rings (SSSR count). The summed E-state index contributed by atoms with van der Waals surface area (Å²) in [5.41, 5.74) is 2.29. The predicted octanol–water partition coefficient (Wildman–Crippen LogP) is 3.43. The monoisotopic (exact) mass is 373 g/mol. The minimum absolute atomic E-state index is 0.319. The Bertz CT molecular complexity index is 823.